The van der Waals surface area contributed by atoms with E-state index in [1.165, 1.54) is 7.11 Å². The number of benzene rings is 1. The minimum atomic E-state index is -0.683. The summed E-state index contributed by atoms with van der Waals surface area (Å²) in [5.41, 5.74) is 1.54. The highest BCUT2D eigenvalue weighted by atomic mass is 16.6. The van der Waals surface area contributed by atoms with Crippen LogP contribution in [0, 0.1) is 0 Å². The average Bonchev–Trinajstić information content (AvgIpc) is 2.56. The number of hydrogen-bond acceptors (Lipinski definition) is 3. The number of methoxy groups -OCH3 is 1. The van der Waals surface area contributed by atoms with Crippen molar-refractivity contribution in [1.82, 2.24) is 0 Å². The Hall–Kier alpha value is -1.77. The fraction of sp³-hybridized carbons (Fsp3) is 0.182. The molecule has 0 saturated carbocycles. The summed E-state index contributed by atoms with van der Waals surface area (Å²) in [6.45, 7) is 3.82. The largest absolute Gasteiger partial charge is 0.473 e. The van der Waals surface area contributed by atoms with Gasteiger partial charge in [0.15, 0.2) is 0 Å². The van der Waals surface area contributed by atoms with Gasteiger partial charge < -0.3 is 9.47 Å². The molecule has 0 spiro atoms. The van der Waals surface area contributed by atoms with Crippen LogP contribution in [0.25, 0.3) is 5.57 Å². The van der Waals surface area contributed by atoms with E-state index in [2.05, 4.69) is 11.3 Å². The number of hydrogen-bond donors (Lipinski definition) is 0. The Morgan fingerprint density at radius 1 is 1.50 bits per heavy atom. The quantitative estimate of drug-likeness (QED) is 0.631. The van der Waals surface area contributed by atoms with Crippen molar-refractivity contribution in [3.8, 4) is 5.75 Å². The third-order valence-corrected chi connectivity index (χ3v) is 2.21. The van der Waals surface area contributed by atoms with Gasteiger partial charge in [-0.3, -0.25) is 0 Å². The molecule has 0 fully saturated rings. The molecular formula is C11H10O3. The number of esters is 1. The van der Waals surface area contributed by atoms with Crippen molar-refractivity contribution >= 4 is 11.5 Å². The Morgan fingerprint density at radius 2 is 2.21 bits per heavy atom. The lowest BCUT2D eigenvalue weighted by atomic mass is 10.1. The van der Waals surface area contributed by atoms with Crippen molar-refractivity contribution in [2.75, 3.05) is 7.11 Å². The number of carbonyl (C=O) groups is 1. The third kappa shape index (κ3) is 1.18. The first-order chi connectivity index (χ1) is 6.74. The molecule has 1 aliphatic rings. The van der Waals surface area contributed by atoms with Crippen LogP contribution in [-0.4, -0.2) is 19.2 Å². The van der Waals surface area contributed by atoms with E-state index >= 15 is 0 Å². The van der Waals surface area contributed by atoms with Crippen LogP contribution in [0.5, 0.6) is 5.75 Å². The Bertz CT molecular complexity index is 395. The Labute approximate surface area is 81.9 Å². The molecule has 1 unspecified atom stereocenters. The zero-order valence-corrected chi connectivity index (χ0v) is 7.82. The van der Waals surface area contributed by atoms with Gasteiger partial charge in [0, 0.05) is 11.1 Å². The molecule has 0 N–H and O–H groups in total. The molecule has 3 heteroatoms. The molecule has 1 aromatic rings. The maximum Gasteiger partial charge on any atom is 0.351 e. The van der Waals surface area contributed by atoms with Gasteiger partial charge in [-0.1, -0.05) is 24.8 Å². The van der Waals surface area contributed by atoms with Crippen molar-refractivity contribution in [1.29, 1.82) is 0 Å². The topological polar surface area (TPSA) is 35.5 Å². The van der Waals surface area contributed by atoms with E-state index < -0.39 is 12.1 Å². The van der Waals surface area contributed by atoms with Crippen molar-refractivity contribution < 1.29 is 14.3 Å². The molecule has 0 radical (unpaired) electrons. The van der Waals surface area contributed by atoms with Crippen molar-refractivity contribution in [3.63, 3.8) is 0 Å². The zero-order chi connectivity index (χ0) is 10.1. The second kappa shape index (κ2) is 3.18. The fourth-order valence-corrected chi connectivity index (χ4v) is 1.47. The maximum atomic E-state index is 11.3. The SMILES string of the molecule is C=C1c2ccccc2OC1C(=O)OC. The molecule has 0 amide bonds. The van der Waals surface area contributed by atoms with Gasteiger partial charge in [0.1, 0.15) is 5.75 Å². The smallest absolute Gasteiger partial charge is 0.351 e. The summed E-state index contributed by atoms with van der Waals surface area (Å²) in [5.74, 6) is 0.277. The molecule has 2 rings (SSSR count). The summed E-state index contributed by atoms with van der Waals surface area (Å²) in [6.07, 6.45) is -0.683. The highest BCUT2D eigenvalue weighted by molar-refractivity contribution is 5.94. The van der Waals surface area contributed by atoms with Crippen molar-refractivity contribution in [3.05, 3.63) is 36.4 Å². The molecule has 0 aromatic heterocycles. The summed E-state index contributed by atoms with van der Waals surface area (Å²) in [6, 6.07) is 7.42. The normalized spacial score (nSPS) is 18.6. The highest BCUT2D eigenvalue weighted by Crippen LogP contribution is 2.36. The second-order valence-electron chi connectivity index (χ2n) is 3.04. The highest BCUT2D eigenvalue weighted by Gasteiger charge is 2.33. The monoisotopic (exact) mass is 190 g/mol. The third-order valence-electron chi connectivity index (χ3n) is 2.21. The van der Waals surface area contributed by atoms with Gasteiger partial charge in [0.25, 0.3) is 0 Å². The molecule has 1 atom stereocenters. The Morgan fingerprint density at radius 3 is 2.86 bits per heavy atom. The minimum absolute atomic E-state index is 0.411. The van der Waals surface area contributed by atoms with Gasteiger partial charge in [-0.25, -0.2) is 4.79 Å². The van der Waals surface area contributed by atoms with E-state index in [1.54, 1.807) is 0 Å². The summed E-state index contributed by atoms with van der Waals surface area (Å²) in [4.78, 5) is 11.3. The van der Waals surface area contributed by atoms with E-state index in [9.17, 15) is 4.79 Å². The predicted octanol–water partition coefficient (Wildman–Crippen LogP) is 1.63. The Kier molecular flexibility index (Phi) is 2.00. The lowest BCUT2D eigenvalue weighted by Gasteiger charge is -2.08. The van der Waals surface area contributed by atoms with E-state index in [1.807, 2.05) is 24.3 Å². The fourth-order valence-electron chi connectivity index (χ4n) is 1.47. The second-order valence-corrected chi connectivity index (χ2v) is 3.04. The van der Waals surface area contributed by atoms with Gasteiger partial charge in [0.05, 0.1) is 7.11 Å². The van der Waals surface area contributed by atoms with Gasteiger partial charge in [-0.15, -0.1) is 0 Å². The first-order valence-electron chi connectivity index (χ1n) is 4.26. The first-order valence-corrected chi connectivity index (χ1v) is 4.26. The number of carbonyl (C=O) groups excluding carboxylic acids is 1. The van der Waals surface area contributed by atoms with Crippen LogP contribution in [0.3, 0.4) is 0 Å². The lowest BCUT2D eigenvalue weighted by Crippen LogP contribution is -2.25. The van der Waals surface area contributed by atoms with Crippen molar-refractivity contribution in [2.24, 2.45) is 0 Å². The molecule has 72 valence electrons. The van der Waals surface area contributed by atoms with Crippen LogP contribution < -0.4 is 4.74 Å². The standard InChI is InChI=1S/C11H10O3/c1-7-8-5-3-4-6-9(8)14-10(7)11(12)13-2/h3-6,10H,1H2,2H3. The molecule has 3 nitrogen and oxygen atoms in total. The van der Waals surface area contributed by atoms with Crippen LogP contribution >= 0.6 is 0 Å². The molecule has 0 bridgehead atoms. The van der Waals surface area contributed by atoms with Gasteiger partial charge in [0.2, 0.25) is 6.10 Å². The van der Waals surface area contributed by atoms with E-state index in [0.717, 1.165) is 5.56 Å². The number of para-hydroxylation sites is 1. The van der Waals surface area contributed by atoms with Crippen LogP contribution in [-0.2, 0) is 9.53 Å². The molecule has 1 aromatic carbocycles. The van der Waals surface area contributed by atoms with Crippen LogP contribution in [0.4, 0.5) is 0 Å². The first kappa shape index (κ1) is 8.81. The summed E-state index contributed by atoms with van der Waals surface area (Å²) in [5, 5.41) is 0. The summed E-state index contributed by atoms with van der Waals surface area (Å²) >= 11 is 0. The predicted molar refractivity (Wildman–Crippen MR) is 51.9 cm³/mol. The van der Waals surface area contributed by atoms with Gasteiger partial charge in [-0.2, -0.15) is 0 Å². The van der Waals surface area contributed by atoms with E-state index in [-0.39, 0.29) is 0 Å². The molecule has 0 saturated heterocycles. The van der Waals surface area contributed by atoms with Gasteiger partial charge >= 0.3 is 5.97 Å². The number of rotatable bonds is 1. The van der Waals surface area contributed by atoms with Crippen LogP contribution in [0.2, 0.25) is 0 Å². The summed E-state index contributed by atoms with van der Waals surface area (Å²) in [7, 11) is 1.34. The lowest BCUT2D eigenvalue weighted by molar-refractivity contribution is -0.145. The molecule has 1 aliphatic heterocycles. The molecular weight excluding hydrogens is 180 g/mol. The average molecular weight is 190 g/mol. The number of ether oxygens (including phenoxy) is 2. The zero-order valence-electron chi connectivity index (χ0n) is 7.82. The Balaban J connectivity index is 2.35. The number of fused-ring (bicyclic) bond motifs is 1. The minimum Gasteiger partial charge on any atom is -0.473 e. The van der Waals surface area contributed by atoms with E-state index in [4.69, 9.17) is 4.74 Å². The van der Waals surface area contributed by atoms with E-state index in [0.29, 0.717) is 11.3 Å². The van der Waals surface area contributed by atoms with Gasteiger partial charge in [-0.05, 0) is 6.07 Å². The van der Waals surface area contributed by atoms with Crippen molar-refractivity contribution in [2.45, 2.75) is 6.10 Å². The van der Waals surface area contributed by atoms with Crippen LogP contribution in [0.15, 0.2) is 30.8 Å². The molecule has 0 aliphatic carbocycles. The molecule has 1 heterocycles. The summed E-state index contributed by atoms with van der Waals surface area (Å²) < 4.78 is 10.0. The maximum absolute atomic E-state index is 11.3. The van der Waals surface area contributed by atoms with Crippen LogP contribution in [0.1, 0.15) is 5.56 Å². The molecule has 14 heavy (non-hydrogen) atoms.